The van der Waals surface area contributed by atoms with Crippen LogP contribution in [0.15, 0.2) is 72.3 Å². The van der Waals surface area contributed by atoms with Crippen molar-refractivity contribution in [2.45, 2.75) is 0 Å². The second-order valence-corrected chi connectivity index (χ2v) is 7.29. The molecule has 0 radical (unpaired) electrons. The average molecular weight is 480 g/mol. The maximum Gasteiger partial charge on any atom is 0.266 e. The molecule has 172 valence electrons. The summed E-state index contributed by atoms with van der Waals surface area (Å²) in [4.78, 5) is 24.5. The van der Waals surface area contributed by atoms with Crippen LogP contribution in [0.1, 0.15) is 5.56 Å². The van der Waals surface area contributed by atoms with Gasteiger partial charge in [-0.2, -0.15) is 5.26 Å². The number of hydrogen-bond donors (Lipinski definition) is 2. The minimum absolute atomic E-state index is 0.173. The summed E-state index contributed by atoms with van der Waals surface area (Å²) in [6, 6.07) is 18.4. The van der Waals surface area contributed by atoms with E-state index in [1.807, 2.05) is 6.07 Å². The Balaban J connectivity index is 1.60. The number of methoxy groups -OCH3 is 1. The number of amides is 2. The number of carbonyl (C=O) groups excluding carboxylic acids is 2. The highest BCUT2D eigenvalue weighted by molar-refractivity contribution is 6.32. The maximum absolute atomic E-state index is 13.0. The fourth-order valence-corrected chi connectivity index (χ4v) is 3.03. The number of rotatable bonds is 8. The Kier molecular flexibility index (Phi) is 8.21. The Hall–Kier alpha value is -4.35. The van der Waals surface area contributed by atoms with E-state index in [1.165, 1.54) is 42.5 Å². The van der Waals surface area contributed by atoms with Gasteiger partial charge in [0.15, 0.2) is 6.61 Å². The Morgan fingerprint density at radius 3 is 2.29 bits per heavy atom. The predicted molar refractivity (Wildman–Crippen MR) is 127 cm³/mol. The summed E-state index contributed by atoms with van der Waals surface area (Å²) in [6.45, 7) is -0.273. The number of nitrogens with zero attached hydrogens (tertiary/aromatic N) is 1. The summed E-state index contributed by atoms with van der Waals surface area (Å²) in [5.41, 5.74) is 1.24. The molecule has 0 unspecified atom stereocenters. The maximum atomic E-state index is 13.0. The lowest BCUT2D eigenvalue weighted by molar-refractivity contribution is -0.118. The first-order valence-corrected chi connectivity index (χ1v) is 10.3. The van der Waals surface area contributed by atoms with E-state index in [2.05, 4.69) is 10.6 Å². The second kappa shape index (κ2) is 11.5. The van der Waals surface area contributed by atoms with Crippen LogP contribution in [-0.2, 0) is 9.59 Å². The molecule has 0 atom stereocenters. The number of carbonyl (C=O) groups is 2. The van der Waals surface area contributed by atoms with Crippen molar-refractivity contribution >= 4 is 40.9 Å². The molecule has 0 heterocycles. The quantitative estimate of drug-likeness (QED) is 0.348. The third-order valence-electron chi connectivity index (χ3n) is 4.47. The third-order valence-corrected chi connectivity index (χ3v) is 4.76. The van der Waals surface area contributed by atoms with Crippen LogP contribution in [0.3, 0.4) is 0 Å². The van der Waals surface area contributed by atoms with E-state index in [-0.39, 0.29) is 28.9 Å². The van der Waals surface area contributed by atoms with E-state index < -0.39 is 11.7 Å². The Morgan fingerprint density at radius 2 is 1.68 bits per heavy atom. The second-order valence-electron chi connectivity index (χ2n) is 6.89. The van der Waals surface area contributed by atoms with Crippen LogP contribution in [0.4, 0.5) is 15.8 Å². The van der Waals surface area contributed by atoms with Crippen LogP contribution in [0, 0.1) is 17.1 Å². The lowest BCUT2D eigenvalue weighted by atomic mass is 10.1. The highest BCUT2D eigenvalue weighted by Crippen LogP contribution is 2.27. The van der Waals surface area contributed by atoms with Gasteiger partial charge in [-0.25, -0.2) is 4.39 Å². The van der Waals surface area contributed by atoms with Gasteiger partial charge in [-0.05, 0) is 72.3 Å². The van der Waals surface area contributed by atoms with E-state index >= 15 is 0 Å². The summed E-state index contributed by atoms with van der Waals surface area (Å²) in [5, 5.41) is 14.8. The molecule has 0 fully saturated rings. The van der Waals surface area contributed by atoms with Crippen molar-refractivity contribution in [2.24, 2.45) is 0 Å². The van der Waals surface area contributed by atoms with Gasteiger partial charge in [-0.15, -0.1) is 0 Å². The first kappa shape index (κ1) is 24.3. The molecule has 0 aliphatic carbocycles. The van der Waals surface area contributed by atoms with E-state index in [1.54, 1.807) is 37.4 Å². The summed E-state index contributed by atoms with van der Waals surface area (Å²) < 4.78 is 23.5. The minimum atomic E-state index is -0.652. The number of anilines is 2. The molecular formula is C25H19ClFN3O4. The molecule has 3 aromatic rings. The predicted octanol–water partition coefficient (Wildman–Crippen LogP) is 5.05. The summed E-state index contributed by atoms with van der Waals surface area (Å²) >= 11 is 6.24. The molecule has 0 aliphatic heterocycles. The van der Waals surface area contributed by atoms with Crippen LogP contribution in [0.25, 0.3) is 6.08 Å². The monoisotopic (exact) mass is 479 g/mol. The molecule has 0 saturated carbocycles. The molecule has 0 aliphatic rings. The van der Waals surface area contributed by atoms with Gasteiger partial charge in [0.05, 0.1) is 12.1 Å². The molecule has 3 aromatic carbocycles. The molecule has 7 nitrogen and oxygen atoms in total. The lowest BCUT2D eigenvalue weighted by Crippen LogP contribution is -2.20. The minimum Gasteiger partial charge on any atom is -0.497 e. The average Bonchev–Trinajstić information content (AvgIpc) is 2.83. The molecule has 0 spiro atoms. The zero-order chi connectivity index (χ0) is 24.5. The topological polar surface area (TPSA) is 100 Å². The Labute approximate surface area is 200 Å². The van der Waals surface area contributed by atoms with Crippen molar-refractivity contribution in [3.63, 3.8) is 0 Å². The van der Waals surface area contributed by atoms with Crippen LogP contribution in [0.2, 0.25) is 5.02 Å². The van der Waals surface area contributed by atoms with Crippen LogP contribution < -0.4 is 20.1 Å². The smallest absolute Gasteiger partial charge is 0.266 e. The van der Waals surface area contributed by atoms with Crippen LogP contribution in [-0.4, -0.2) is 25.5 Å². The fourth-order valence-electron chi connectivity index (χ4n) is 2.79. The molecule has 34 heavy (non-hydrogen) atoms. The number of nitriles is 1. The zero-order valence-electron chi connectivity index (χ0n) is 18.0. The number of ether oxygens (including phenoxy) is 2. The molecule has 0 bridgehead atoms. The van der Waals surface area contributed by atoms with Gasteiger partial charge in [-0.1, -0.05) is 17.7 Å². The first-order chi connectivity index (χ1) is 16.4. The number of hydrogen-bond acceptors (Lipinski definition) is 5. The van der Waals surface area contributed by atoms with E-state index in [4.69, 9.17) is 21.1 Å². The number of benzene rings is 3. The molecule has 2 amide bonds. The van der Waals surface area contributed by atoms with Gasteiger partial charge in [0.2, 0.25) is 0 Å². The van der Waals surface area contributed by atoms with Gasteiger partial charge in [0.1, 0.15) is 29.0 Å². The highest BCUT2D eigenvalue weighted by Gasteiger charge is 2.11. The SMILES string of the molecule is COc1ccc(NC(=O)COc2ccc(/C=C(\C#N)C(=O)Nc3ccc(F)cc3)cc2Cl)cc1. The van der Waals surface area contributed by atoms with Gasteiger partial charge in [0.25, 0.3) is 11.8 Å². The van der Waals surface area contributed by atoms with E-state index in [9.17, 15) is 19.2 Å². The molecule has 0 aromatic heterocycles. The van der Waals surface area contributed by atoms with Crippen molar-refractivity contribution < 1.29 is 23.5 Å². The largest absolute Gasteiger partial charge is 0.497 e. The first-order valence-electron chi connectivity index (χ1n) is 9.93. The number of halogens is 2. The summed E-state index contributed by atoms with van der Waals surface area (Å²) in [6.07, 6.45) is 1.35. The van der Waals surface area contributed by atoms with Crippen molar-refractivity contribution in [3.8, 4) is 17.6 Å². The van der Waals surface area contributed by atoms with Gasteiger partial charge in [-0.3, -0.25) is 9.59 Å². The van der Waals surface area contributed by atoms with Crippen LogP contribution >= 0.6 is 11.6 Å². The molecular weight excluding hydrogens is 461 g/mol. The normalized spacial score (nSPS) is 10.7. The van der Waals surface area contributed by atoms with E-state index in [0.29, 0.717) is 22.7 Å². The van der Waals surface area contributed by atoms with Crippen molar-refractivity contribution in [1.29, 1.82) is 5.26 Å². The molecule has 3 rings (SSSR count). The fraction of sp³-hybridized carbons (Fsp3) is 0.0800. The zero-order valence-corrected chi connectivity index (χ0v) is 18.7. The molecule has 9 heteroatoms. The van der Waals surface area contributed by atoms with Crippen LogP contribution in [0.5, 0.6) is 11.5 Å². The summed E-state index contributed by atoms with van der Waals surface area (Å²) in [5.74, 6) is -0.542. The Bertz CT molecular complexity index is 1250. The standard InChI is InChI=1S/C25H19ClFN3O4/c1-33-21-9-7-19(8-10-21)29-24(31)15-34-23-11-2-16(13-22(23)26)12-17(14-28)25(32)30-20-5-3-18(27)4-6-20/h2-13H,15H2,1H3,(H,29,31)(H,30,32)/b17-12+. The van der Waals surface area contributed by atoms with Crippen molar-refractivity contribution in [1.82, 2.24) is 0 Å². The van der Waals surface area contributed by atoms with Crippen molar-refractivity contribution in [3.05, 3.63) is 88.7 Å². The van der Waals surface area contributed by atoms with E-state index in [0.717, 1.165) is 0 Å². The van der Waals surface area contributed by atoms with Gasteiger partial charge in [0, 0.05) is 11.4 Å². The summed E-state index contributed by atoms with van der Waals surface area (Å²) in [7, 11) is 1.55. The molecule has 2 N–H and O–H groups in total. The molecule has 0 saturated heterocycles. The third kappa shape index (κ3) is 6.82. The highest BCUT2D eigenvalue weighted by atomic mass is 35.5. The van der Waals surface area contributed by atoms with Crippen molar-refractivity contribution in [2.75, 3.05) is 24.4 Å². The lowest BCUT2D eigenvalue weighted by Gasteiger charge is -2.10. The van der Waals surface area contributed by atoms with Gasteiger partial charge >= 0.3 is 0 Å². The van der Waals surface area contributed by atoms with Gasteiger partial charge < -0.3 is 20.1 Å². The Morgan fingerprint density at radius 1 is 1.03 bits per heavy atom. The number of nitrogens with one attached hydrogen (secondary N) is 2.